The Morgan fingerprint density at radius 3 is 2.90 bits per heavy atom. The van der Waals surface area contributed by atoms with Crippen LogP contribution in [0.1, 0.15) is 5.56 Å². The van der Waals surface area contributed by atoms with Gasteiger partial charge in [0.2, 0.25) is 0 Å². The molecule has 0 saturated carbocycles. The van der Waals surface area contributed by atoms with E-state index in [0.29, 0.717) is 17.3 Å². The Balaban J connectivity index is 1.84. The van der Waals surface area contributed by atoms with Crippen LogP contribution in [0.4, 0.5) is 16.2 Å². The number of nitrogens with one attached hydrogen (secondary N) is 2. The normalized spacial score (nSPS) is 14.2. The van der Waals surface area contributed by atoms with Crippen molar-refractivity contribution < 1.29 is 4.79 Å². The van der Waals surface area contributed by atoms with Crippen LogP contribution in [0.2, 0.25) is 5.02 Å². The quantitative estimate of drug-likeness (QED) is 0.847. The second-order valence-corrected chi connectivity index (χ2v) is 5.33. The summed E-state index contributed by atoms with van der Waals surface area (Å²) in [7, 11) is 0. The van der Waals surface area contributed by atoms with E-state index in [1.54, 1.807) is 17.0 Å². The van der Waals surface area contributed by atoms with E-state index in [1.807, 2.05) is 36.4 Å². The third-order valence-electron chi connectivity index (χ3n) is 3.43. The number of hydrogen-bond acceptors (Lipinski definition) is 2. The Morgan fingerprint density at radius 1 is 1.19 bits per heavy atom. The smallest absolute Gasteiger partial charge is 0.311 e. The Hall–Kier alpha value is -2.04. The van der Waals surface area contributed by atoms with Gasteiger partial charge in [0.15, 0.2) is 0 Å². The van der Waals surface area contributed by atoms with E-state index < -0.39 is 0 Å². The molecule has 5 heteroatoms. The molecule has 0 atom stereocenters. The fourth-order valence-electron chi connectivity index (χ4n) is 2.43. The number of para-hydroxylation sites is 1. The van der Waals surface area contributed by atoms with Crippen molar-refractivity contribution in [3.8, 4) is 0 Å². The van der Waals surface area contributed by atoms with Crippen LogP contribution in [-0.2, 0) is 6.54 Å². The van der Waals surface area contributed by atoms with Crippen LogP contribution in [0, 0.1) is 0 Å². The number of halogens is 1. The van der Waals surface area contributed by atoms with Gasteiger partial charge in [0.05, 0.1) is 0 Å². The minimum atomic E-state index is -0.145. The summed E-state index contributed by atoms with van der Waals surface area (Å²) in [5, 5.41) is 6.82. The molecule has 0 saturated heterocycles. The molecule has 21 heavy (non-hydrogen) atoms. The zero-order chi connectivity index (χ0) is 14.7. The van der Waals surface area contributed by atoms with E-state index in [2.05, 4.69) is 10.6 Å². The van der Waals surface area contributed by atoms with Crippen LogP contribution >= 0.6 is 11.6 Å². The zero-order valence-corrected chi connectivity index (χ0v) is 12.2. The maximum absolute atomic E-state index is 12.5. The zero-order valence-electron chi connectivity index (χ0n) is 11.5. The summed E-state index contributed by atoms with van der Waals surface area (Å²) in [5.41, 5.74) is 2.76. The molecule has 4 nitrogen and oxygen atoms in total. The molecule has 0 bridgehead atoms. The number of fused-ring (bicyclic) bond motifs is 1. The average Bonchev–Trinajstić information content (AvgIpc) is 2.69. The number of hydrogen-bond donors (Lipinski definition) is 2. The highest BCUT2D eigenvalue weighted by atomic mass is 35.5. The average molecular weight is 302 g/mol. The van der Waals surface area contributed by atoms with Crippen LogP contribution < -0.4 is 15.5 Å². The highest BCUT2D eigenvalue weighted by molar-refractivity contribution is 6.30. The van der Waals surface area contributed by atoms with Gasteiger partial charge < -0.3 is 10.6 Å². The van der Waals surface area contributed by atoms with E-state index in [-0.39, 0.29) is 6.03 Å². The summed E-state index contributed by atoms with van der Waals surface area (Å²) < 4.78 is 0. The number of nitrogens with zero attached hydrogens (tertiary/aromatic N) is 1. The fourth-order valence-corrected chi connectivity index (χ4v) is 2.62. The maximum Gasteiger partial charge on any atom is 0.326 e. The number of carbonyl (C=O) groups is 1. The molecule has 1 aliphatic heterocycles. The van der Waals surface area contributed by atoms with Gasteiger partial charge in [-0.2, -0.15) is 0 Å². The van der Waals surface area contributed by atoms with Gasteiger partial charge in [0.1, 0.15) is 0 Å². The van der Waals surface area contributed by atoms with Crippen molar-refractivity contribution >= 4 is 29.0 Å². The third kappa shape index (κ3) is 3.17. The number of carbonyl (C=O) groups excluding carboxylic acids is 1. The summed E-state index contributed by atoms with van der Waals surface area (Å²) in [6, 6.07) is 15.0. The molecule has 2 aromatic rings. The molecule has 0 fully saturated rings. The Morgan fingerprint density at radius 2 is 2.05 bits per heavy atom. The minimum absolute atomic E-state index is 0.145. The lowest BCUT2D eigenvalue weighted by molar-refractivity contribution is 0.257. The molecule has 3 rings (SSSR count). The predicted octanol–water partition coefficient (Wildman–Crippen LogP) is 3.48. The summed E-state index contributed by atoms with van der Waals surface area (Å²) in [5.74, 6) is 0. The van der Waals surface area contributed by atoms with Gasteiger partial charge in [-0.05, 0) is 29.8 Å². The highest BCUT2D eigenvalue weighted by Gasteiger charge is 2.20. The second-order valence-electron chi connectivity index (χ2n) is 4.90. The predicted molar refractivity (Wildman–Crippen MR) is 86.0 cm³/mol. The molecule has 0 aliphatic carbocycles. The molecule has 0 radical (unpaired) electrons. The number of benzene rings is 2. The first-order chi connectivity index (χ1) is 10.2. The first kappa shape index (κ1) is 13.9. The van der Waals surface area contributed by atoms with Crippen molar-refractivity contribution in [3.63, 3.8) is 0 Å². The first-order valence-corrected chi connectivity index (χ1v) is 7.24. The van der Waals surface area contributed by atoms with Gasteiger partial charge in [-0.15, -0.1) is 0 Å². The van der Waals surface area contributed by atoms with E-state index in [1.165, 1.54) is 0 Å². The van der Waals surface area contributed by atoms with Crippen molar-refractivity contribution in [2.75, 3.05) is 23.3 Å². The van der Waals surface area contributed by atoms with Gasteiger partial charge in [0.25, 0.3) is 0 Å². The number of rotatable bonds is 1. The molecular weight excluding hydrogens is 286 g/mol. The molecular formula is C16H16ClN3O. The van der Waals surface area contributed by atoms with Crippen molar-refractivity contribution in [2.24, 2.45) is 0 Å². The summed E-state index contributed by atoms with van der Waals surface area (Å²) >= 11 is 5.95. The topological polar surface area (TPSA) is 44.4 Å². The van der Waals surface area contributed by atoms with E-state index in [4.69, 9.17) is 11.6 Å². The van der Waals surface area contributed by atoms with Gasteiger partial charge in [-0.1, -0.05) is 35.9 Å². The Bertz CT molecular complexity index is 659. The van der Waals surface area contributed by atoms with Crippen molar-refractivity contribution in [2.45, 2.75) is 6.54 Å². The molecule has 0 aromatic heterocycles. The molecule has 1 aliphatic rings. The molecule has 2 N–H and O–H groups in total. The lowest BCUT2D eigenvalue weighted by Crippen LogP contribution is -2.38. The molecule has 0 unspecified atom stereocenters. The standard InChI is InChI=1S/C16H16ClN3O/c17-13-5-3-6-14(10-13)19-16(21)20-9-8-18-11-12-4-1-2-7-15(12)20/h1-7,10,18H,8-9,11H2,(H,19,21). The van der Waals surface area contributed by atoms with Gasteiger partial charge in [-0.3, -0.25) is 4.90 Å². The molecule has 2 aromatic carbocycles. The van der Waals surface area contributed by atoms with E-state index in [0.717, 1.165) is 24.3 Å². The fraction of sp³-hybridized carbons (Fsp3) is 0.188. The van der Waals surface area contributed by atoms with Gasteiger partial charge in [-0.25, -0.2) is 4.79 Å². The number of anilines is 2. The Labute approximate surface area is 128 Å². The molecule has 2 amide bonds. The van der Waals surface area contributed by atoms with E-state index >= 15 is 0 Å². The van der Waals surface area contributed by atoms with Crippen LogP contribution in [0.3, 0.4) is 0 Å². The van der Waals surface area contributed by atoms with Crippen LogP contribution in [0.5, 0.6) is 0 Å². The van der Waals surface area contributed by atoms with Crippen molar-refractivity contribution in [1.29, 1.82) is 0 Å². The minimum Gasteiger partial charge on any atom is -0.311 e. The first-order valence-electron chi connectivity index (χ1n) is 6.87. The van der Waals surface area contributed by atoms with Crippen LogP contribution in [0.25, 0.3) is 0 Å². The van der Waals surface area contributed by atoms with Crippen LogP contribution in [-0.4, -0.2) is 19.1 Å². The monoisotopic (exact) mass is 301 g/mol. The van der Waals surface area contributed by atoms with Crippen molar-refractivity contribution in [3.05, 3.63) is 59.1 Å². The molecule has 108 valence electrons. The lowest BCUT2D eigenvalue weighted by atomic mass is 10.1. The summed E-state index contributed by atoms with van der Waals surface area (Å²) in [6.07, 6.45) is 0. The number of amides is 2. The Kier molecular flexibility index (Phi) is 4.08. The highest BCUT2D eigenvalue weighted by Crippen LogP contribution is 2.23. The maximum atomic E-state index is 12.5. The van der Waals surface area contributed by atoms with Gasteiger partial charge in [0, 0.05) is 36.0 Å². The largest absolute Gasteiger partial charge is 0.326 e. The third-order valence-corrected chi connectivity index (χ3v) is 3.67. The lowest BCUT2D eigenvalue weighted by Gasteiger charge is -2.23. The summed E-state index contributed by atoms with van der Waals surface area (Å²) in [6.45, 7) is 2.16. The molecule has 0 spiro atoms. The second kappa shape index (κ2) is 6.16. The summed E-state index contributed by atoms with van der Waals surface area (Å²) in [4.78, 5) is 14.3. The van der Waals surface area contributed by atoms with E-state index in [9.17, 15) is 4.79 Å². The number of urea groups is 1. The van der Waals surface area contributed by atoms with Crippen molar-refractivity contribution in [1.82, 2.24) is 5.32 Å². The van der Waals surface area contributed by atoms with Gasteiger partial charge >= 0.3 is 6.03 Å². The molecule has 1 heterocycles. The van der Waals surface area contributed by atoms with Crippen LogP contribution in [0.15, 0.2) is 48.5 Å². The SMILES string of the molecule is O=C(Nc1cccc(Cl)c1)N1CCNCc2ccccc21.